The average molecular weight is 291 g/mol. The van der Waals surface area contributed by atoms with Crippen LogP contribution in [0.5, 0.6) is 0 Å². The molecule has 0 aliphatic heterocycles. The maximum absolute atomic E-state index is 12.5. The summed E-state index contributed by atoms with van der Waals surface area (Å²) in [7, 11) is 1.69. The Morgan fingerprint density at radius 3 is 2.65 bits per heavy atom. The number of hydrogen-bond acceptors (Lipinski definition) is 5. The third kappa shape index (κ3) is 2.80. The zero-order valence-electron chi connectivity index (χ0n) is 12.2. The second kappa shape index (κ2) is 5.58. The second-order valence-electron chi connectivity index (χ2n) is 4.79. The van der Waals surface area contributed by atoms with Crippen LogP contribution < -0.4 is 4.90 Å². The highest BCUT2D eigenvalue weighted by atomic mass is 32.1. The van der Waals surface area contributed by atoms with Crippen LogP contribution in [0.2, 0.25) is 0 Å². The van der Waals surface area contributed by atoms with Crippen LogP contribution in [-0.4, -0.2) is 23.8 Å². The van der Waals surface area contributed by atoms with Gasteiger partial charge in [-0.3, -0.25) is 14.7 Å². The van der Waals surface area contributed by atoms with Gasteiger partial charge in [0, 0.05) is 24.2 Å². The quantitative estimate of drug-likeness (QED) is 0.809. The van der Waals surface area contributed by atoms with Crippen LogP contribution in [0.15, 0.2) is 21.0 Å². The first-order chi connectivity index (χ1) is 9.40. The van der Waals surface area contributed by atoms with Gasteiger partial charge in [-0.05, 0) is 33.3 Å². The molecule has 2 aromatic rings. The number of aromatic nitrogens is 1. The van der Waals surface area contributed by atoms with Crippen LogP contribution in [-0.2, 0) is 0 Å². The molecule has 0 aromatic carbocycles. The molecule has 20 heavy (non-hydrogen) atoms. The van der Waals surface area contributed by atoms with Crippen molar-refractivity contribution in [2.75, 3.05) is 11.9 Å². The summed E-state index contributed by atoms with van der Waals surface area (Å²) in [4.78, 5) is 19.1. The van der Waals surface area contributed by atoms with Crippen LogP contribution in [0.3, 0.4) is 0 Å². The van der Waals surface area contributed by atoms with Crippen LogP contribution in [0.1, 0.15) is 34.8 Å². The number of hydrogen-bond donors (Lipinski definition) is 0. The number of anilines is 1. The van der Waals surface area contributed by atoms with Gasteiger partial charge in [-0.15, -0.1) is 11.3 Å². The lowest BCUT2D eigenvalue weighted by Crippen LogP contribution is -2.26. The molecule has 5 nitrogen and oxygen atoms in total. The number of aliphatic imine (C=N–C) groups is 1. The highest BCUT2D eigenvalue weighted by Crippen LogP contribution is 2.30. The Morgan fingerprint density at radius 1 is 1.40 bits per heavy atom. The van der Waals surface area contributed by atoms with Gasteiger partial charge in [-0.1, -0.05) is 5.16 Å². The molecule has 0 radical (unpaired) electrons. The summed E-state index contributed by atoms with van der Waals surface area (Å²) < 4.78 is 5.00. The van der Waals surface area contributed by atoms with Crippen molar-refractivity contribution in [3.05, 3.63) is 27.6 Å². The summed E-state index contributed by atoms with van der Waals surface area (Å²) in [6.07, 6.45) is 0. The summed E-state index contributed by atoms with van der Waals surface area (Å²) in [5, 5.41) is 5.75. The van der Waals surface area contributed by atoms with Gasteiger partial charge >= 0.3 is 0 Å². The van der Waals surface area contributed by atoms with E-state index in [0.29, 0.717) is 16.5 Å². The van der Waals surface area contributed by atoms with Gasteiger partial charge in [0.2, 0.25) is 0 Å². The number of aryl methyl sites for hydroxylation is 1. The molecule has 106 valence electrons. The SMILES string of the molecule is CC(C)=Nc1csc(C(=O)N(C)c2cc(C)on2)c1C. The third-order valence-corrected chi connectivity index (χ3v) is 3.87. The van der Waals surface area contributed by atoms with Crippen molar-refractivity contribution < 1.29 is 9.32 Å². The molecule has 0 atom stereocenters. The normalized spacial score (nSPS) is 10.4. The Labute approximate surface area is 121 Å². The molecule has 0 fully saturated rings. The van der Waals surface area contributed by atoms with E-state index in [0.717, 1.165) is 17.0 Å². The number of carbonyl (C=O) groups excluding carboxylic acids is 1. The monoisotopic (exact) mass is 291 g/mol. The van der Waals surface area contributed by atoms with Crippen LogP contribution in [0, 0.1) is 13.8 Å². The lowest BCUT2D eigenvalue weighted by molar-refractivity contribution is 0.0995. The molecule has 0 bridgehead atoms. The lowest BCUT2D eigenvalue weighted by Gasteiger charge is -2.12. The summed E-state index contributed by atoms with van der Waals surface area (Å²) >= 11 is 1.40. The number of carbonyl (C=O) groups is 1. The first-order valence-corrected chi connectivity index (χ1v) is 7.09. The molecule has 0 aliphatic carbocycles. The van der Waals surface area contributed by atoms with E-state index in [1.807, 2.05) is 26.2 Å². The van der Waals surface area contributed by atoms with E-state index in [4.69, 9.17) is 4.52 Å². The molecule has 2 heterocycles. The Bertz CT molecular complexity index is 666. The Balaban J connectivity index is 2.30. The summed E-state index contributed by atoms with van der Waals surface area (Å²) in [5.41, 5.74) is 2.71. The van der Waals surface area contributed by atoms with Gasteiger partial charge in [0.1, 0.15) is 5.76 Å². The highest BCUT2D eigenvalue weighted by molar-refractivity contribution is 7.12. The topological polar surface area (TPSA) is 58.7 Å². The molecule has 0 saturated heterocycles. The van der Waals surface area contributed by atoms with Gasteiger partial charge in [0.25, 0.3) is 5.91 Å². The molecule has 2 aromatic heterocycles. The van der Waals surface area contributed by atoms with E-state index < -0.39 is 0 Å². The minimum atomic E-state index is -0.101. The predicted octanol–water partition coefficient (Wildman–Crippen LogP) is 3.74. The third-order valence-electron chi connectivity index (χ3n) is 2.82. The van der Waals surface area contributed by atoms with E-state index in [-0.39, 0.29) is 5.91 Å². The zero-order valence-corrected chi connectivity index (χ0v) is 13.0. The Morgan fingerprint density at radius 2 is 2.10 bits per heavy atom. The van der Waals surface area contributed by atoms with Gasteiger partial charge in [-0.2, -0.15) is 0 Å². The van der Waals surface area contributed by atoms with Crippen molar-refractivity contribution in [1.82, 2.24) is 5.16 Å². The maximum atomic E-state index is 12.5. The van der Waals surface area contributed by atoms with Crippen molar-refractivity contribution in [1.29, 1.82) is 0 Å². The van der Waals surface area contributed by atoms with Gasteiger partial charge < -0.3 is 4.52 Å². The van der Waals surface area contributed by atoms with Gasteiger partial charge in [0.05, 0.1) is 10.6 Å². The van der Waals surface area contributed by atoms with Crippen LogP contribution in [0.4, 0.5) is 11.5 Å². The summed E-state index contributed by atoms with van der Waals surface area (Å²) in [6.45, 7) is 7.57. The van der Waals surface area contributed by atoms with Crippen LogP contribution >= 0.6 is 11.3 Å². The summed E-state index contributed by atoms with van der Waals surface area (Å²) in [6, 6.07) is 1.73. The van der Waals surface area contributed by atoms with E-state index >= 15 is 0 Å². The molecule has 2 rings (SSSR count). The van der Waals surface area contributed by atoms with Crippen molar-refractivity contribution >= 4 is 34.5 Å². The fraction of sp³-hybridized carbons (Fsp3) is 0.357. The standard InChI is InChI=1S/C14H17N3O2S/c1-8(2)15-11-7-20-13(10(11)4)14(18)17(5)12-6-9(3)19-16-12/h6-7H,1-5H3. The predicted molar refractivity (Wildman–Crippen MR) is 81.5 cm³/mol. The van der Waals surface area contributed by atoms with Crippen molar-refractivity contribution in [2.24, 2.45) is 4.99 Å². The largest absolute Gasteiger partial charge is 0.360 e. The van der Waals surface area contributed by atoms with Crippen molar-refractivity contribution in [2.45, 2.75) is 27.7 Å². The summed E-state index contributed by atoms with van der Waals surface area (Å²) in [5.74, 6) is 1.09. The smallest absolute Gasteiger partial charge is 0.269 e. The average Bonchev–Trinajstić information content (AvgIpc) is 2.95. The molecule has 0 saturated carbocycles. The molecule has 0 unspecified atom stereocenters. The van der Waals surface area contributed by atoms with Gasteiger partial charge in [0.15, 0.2) is 5.82 Å². The zero-order chi connectivity index (χ0) is 14.9. The van der Waals surface area contributed by atoms with Gasteiger partial charge in [-0.25, -0.2) is 0 Å². The maximum Gasteiger partial charge on any atom is 0.269 e. The Kier molecular flexibility index (Phi) is 4.04. The minimum Gasteiger partial charge on any atom is -0.360 e. The molecule has 6 heteroatoms. The number of thiophene rings is 1. The molecule has 0 spiro atoms. The molecular formula is C14H17N3O2S. The first kappa shape index (κ1) is 14.5. The number of amides is 1. The van der Waals surface area contributed by atoms with E-state index in [2.05, 4.69) is 10.1 Å². The molecule has 1 amide bonds. The fourth-order valence-corrected chi connectivity index (χ4v) is 2.72. The van der Waals surface area contributed by atoms with Crippen LogP contribution in [0.25, 0.3) is 0 Å². The highest BCUT2D eigenvalue weighted by Gasteiger charge is 2.21. The minimum absolute atomic E-state index is 0.101. The number of nitrogens with zero attached hydrogens (tertiary/aromatic N) is 3. The fourth-order valence-electron chi connectivity index (χ4n) is 1.74. The van der Waals surface area contributed by atoms with E-state index in [1.54, 1.807) is 20.0 Å². The second-order valence-corrected chi connectivity index (χ2v) is 5.67. The molecule has 0 N–H and O–H groups in total. The molecular weight excluding hydrogens is 274 g/mol. The molecule has 0 aliphatic rings. The first-order valence-electron chi connectivity index (χ1n) is 6.21. The Hall–Kier alpha value is -1.95. The van der Waals surface area contributed by atoms with Crippen molar-refractivity contribution in [3.63, 3.8) is 0 Å². The van der Waals surface area contributed by atoms with Crippen molar-refractivity contribution in [3.8, 4) is 0 Å². The van der Waals surface area contributed by atoms with E-state index in [9.17, 15) is 4.79 Å². The number of rotatable bonds is 3. The van der Waals surface area contributed by atoms with E-state index in [1.165, 1.54) is 16.2 Å². The lowest BCUT2D eigenvalue weighted by atomic mass is 10.2.